The van der Waals surface area contributed by atoms with E-state index in [0.29, 0.717) is 0 Å². The summed E-state index contributed by atoms with van der Waals surface area (Å²) in [7, 11) is -5.14. The minimum absolute atomic E-state index is 0. The Morgan fingerprint density at radius 2 is 1.56 bits per heavy atom. The van der Waals surface area contributed by atoms with Crippen molar-refractivity contribution in [3.05, 3.63) is 24.3 Å². The quantitative estimate of drug-likeness (QED) is 0.233. The van der Waals surface area contributed by atoms with Crippen LogP contribution in [0.1, 0.15) is 6.92 Å². The third kappa shape index (κ3) is 69.4. The van der Waals surface area contributed by atoms with Gasteiger partial charge in [-0.25, -0.2) is 0 Å². The van der Waals surface area contributed by atoms with Gasteiger partial charge in [0.2, 0.25) is 0 Å². The van der Waals surface area contributed by atoms with Crippen LogP contribution < -0.4 is 125 Å². The van der Waals surface area contributed by atoms with Crippen LogP contribution in [0.5, 0.6) is 0 Å². The first-order chi connectivity index (χ1) is 5.77. The molecule has 0 fully saturated rings. The van der Waals surface area contributed by atoms with E-state index in [4.69, 9.17) is 19.2 Å². The molecule has 0 atom stereocenters. The molecule has 0 saturated carbocycles. The van der Waals surface area contributed by atoms with Crippen LogP contribution in [0.4, 0.5) is 0 Å². The Morgan fingerprint density at radius 1 is 1.25 bits per heavy atom. The summed E-state index contributed by atoms with van der Waals surface area (Å²) >= 11 is 0. The Balaban J connectivity index is -0.0000000454. The van der Waals surface area contributed by atoms with E-state index >= 15 is 0 Å². The first-order valence-electron chi connectivity index (χ1n) is 3.02. The smallest absolute Gasteiger partial charge is 0.790 e. The van der Waals surface area contributed by atoms with Gasteiger partial charge in [-0.2, -0.15) is 0 Å². The number of carboxylic acid groups (broad SMARTS) is 1. The van der Waals surface area contributed by atoms with Gasteiger partial charge in [-0.15, -0.1) is 0 Å². The standard InChI is InChI=1S/C6H8O2.K.2Na.H3O4P/c1-2-3-4-5-6(7)8;;;;1-5(2,3)4/h2-5H,1H3,(H,7,8);;;;(H3,1,2,3,4)/q;3*+1;/p-3/b3-2+,5-4+;;;;. The molecule has 0 aromatic rings. The monoisotopic (exact) mass is 292 g/mol. The zero-order chi connectivity index (χ0) is 10.9. The summed E-state index contributed by atoms with van der Waals surface area (Å²) < 4.78 is 8.66. The molecule has 0 amide bonds. The van der Waals surface area contributed by atoms with Crippen molar-refractivity contribution in [2.45, 2.75) is 6.92 Å². The van der Waals surface area contributed by atoms with E-state index < -0.39 is 13.8 Å². The molecule has 0 bridgehead atoms. The van der Waals surface area contributed by atoms with Gasteiger partial charge >= 0.3 is 110 Å². The van der Waals surface area contributed by atoms with Crippen molar-refractivity contribution in [1.29, 1.82) is 0 Å². The summed E-state index contributed by atoms with van der Waals surface area (Å²) in [4.78, 5) is 33.9. The molecule has 0 aliphatic carbocycles. The fourth-order valence-corrected chi connectivity index (χ4v) is 0.245. The summed E-state index contributed by atoms with van der Waals surface area (Å²) in [6.45, 7) is 1.81. The molecule has 0 heterocycles. The van der Waals surface area contributed by atoms with Crippen molar-refractivity contribution in [2.75, 3.05) is 0 Å². The molecule has 0 aromatic carbocycles. The van der Waals surface area contributed by atoms with Crippen LogP contribution in [0.3, 0.4) is 0 Å². The molecule has 10 heteroatoms. The first-order valence-corrected chi connectivity index (χ1v) is 4.52. The van der Waals surface area contributed by atoms with Crippen LogP contribution in [0.2, 0.25) is 0 Å². The van der Waals surface area contributed by atoms with Crippen molar-refractivity contribution in [2.24, 2.45) is 0 Å². The van der Waals surface area contributed by atoms with E-state index in [0.717, 1.165) is 6.08 Å². The molecule has 0 spiro atoms. The minimum atomic E-state index is -5.14. The van der Waals surface area contributed by atoms with Gasteiger partial charge < -0.3 is 29.1 Å². The number of allylic oxidation sites excluding steroid dienone is 3. The topological polar surface area (TPSA) is 124 Å². The molecule has 0 aliphatic heterocycles. The van der Waals surface area contributed by atoms with Gasteiger partial charge in [0.05, 0.1) is 13.8 Å². The van der Waals surface area contributed by atoms with E-state index in [1.54, 1.807) is 19.1 Å². The van der Waals surface area contributed by atoms with Gasteiger partial charge in [0.25, 0.3) is 0 Å². The molecule has 76 valence electrons. The first kappa shape index (κ1) is 31.2. The minimum Gasteiger partial charge on any atom is -0.790 e. The summed E-state index contributed by atoms with van der Waals surface area (Å²) in [5.41, 5.74) is 0. The molecule has 0 unspecified atom stereocenters. The molecule has 0 radical (unpaired) electrons. The van der Waals surface area contributed by atoms with E-state index in [1.807, 2.05) is 0 Å². The Bertz CT molecular complexity index is 243. The van der Waals surface area contributed by atoms with Gasteiger partial charge in [-0.05, 0) is 13.0 Å². The predicted molar refractivity (Wildman–Crippen MR) is 38.8 cm³/mol. The average molecular weight is 292 g/mol. The van der Waals surface area contributed by atoms with Crippen molar-refractivity contribution < 1.29 is 140 Å². The number of rotatable bonds is 2. The third-order valence-electron chi connectivity index (χ3n) is 0.536. The maximum absolute atomic E-state index is 9.64. The average Bonchev–Trinajstić information content (AvgIpc) is 1.83. The normalized spacial score (nSPS) is 9.25. The second-order valence-electron chi connectivity index (χ2n) is 1.67. The van der Waals surface area contributed by atoms with Crippen LogP contribution in [0.25, 0.3) is 0 Å². The summed E-state index contributed by atoms with van der Waals surface area (Å²) in [5.74, 6) is -1.16. The molecule has 0 saturated heterocycles. The molecular formula is C6H8KNa2O6P. The molecule has 6 nitrogen and oxygen atoms in total. The fraction of sp³-hybridized carbons (Fsp3) is 0.167. The second kappa shape index (κ2) is 20.0. The van der Waals surface area contributed by atoms with Crippen molar-refractivity contribution in [3.63, 3.8) is 0 Å². The largest absolute Gasteiger partial charge is 1.00 e. The number of phosphoric acid groups is 1. The fourth-order valence-electron chi connectivity index (χ4n) is 0.245. The van der Waals surface area contributed by atoms with Crippen molar-refractivity contribution in [1.82, 2.24) is 0 Å². The number of aliphatic carboxylic acids is 1. The third-order valence-corrected chi connectivity index (χ3v) is 0.536. The number of carbonyl (C=O) groups excluding carboxylic acids is 1. The number of carbonyl (C=O) groups is 1. The predicted octanol–water partition coefficient (Wildman–Crippen LogP) is -11.3. The maximum Gasteiger partial charge on any atom is 1.00 e. The van der Waals surface area contributed by atoms with E-state index in [1.165, 1.54) is 6.08 Å². The van der Waals surface area contributed by atoms with Crippen LogP contribution >= 0.6 is 7.82 Å². The molecule has 16 heavy (non-hydrogen) atoms. The summed E-state index contributed by atoms with van der Waals surface area (Å²) in [6.07, 6.45) is 5.74. The number of hydrogen-bond acceptors (Lipinski definition) is 5. The van der Waals surface area contributed by atoms with Crippen LogP contribution in [0.15, 0.2) is 24.3 Å². The molecule has 0 aromatic heterocycles. The maximum atomic E-state index is 9.64. The van der Waals surface area contributed by atoms with Crippen molar-refractivity contribution >= 4 is 13.8 Å². The Hall–Kier alpha value is 2.70. The van der Waals surface area contributed by atoms with Gasteiger partial charge in [-0.3, -0.25) is 0 Å². The van der Waals surface area contributed by atoms with Crippen LogP contribution in [-0.4, -0.2) is 10.9 Å². The Labute approximate surface area is 181 Å². The van der Waals surface area contributed by atoms with Crippen LogP contribution in [0, 0.1) is 0 Å². The molecule has 1 N–H and O–H groups in total. The van der Waals surface area contributed by atoms with E-state index in [2.05, 4.69) is 0 Å². The molecule has 0 rings (SSSR count). The number of hydrogen-bond donors (Lipinski definition) is 1. The molecule has 0 aliphatic rings. The van der Waals surface area contributed by atoms with Gasteiger partial charge in [-0.1, -0.05) is 18.2 Å². The summed E-state index contributed by atoms with van der Waals surface area (Å²) in [5, 5.41) is 9.64. The van der Waals surface area contributed by atoms with E-state index in [9.17, 15) is 9.90 Å². The van der Waals surface area contributed by atoms with Crippen LogP contribution in [-0.2, 0) is 9.36 Å². The van der Waals surface area contributed by atoms with E-state index in [-0.39, 0.29) is 110 Å². The molecular weight excluding hydrogens is 284 g/mol. The zero-order valence-corrected chi connectivity index (χ0v) is 17.8. The van der Waals surface area contributed by atoms with Gasteiger partial charge in [0.15, 0.2) is 0 Å². The Morgan fingerprint density at radius 3 is 1.75 bits per heavy atom. The second-order valence-corrected chi connectivity index (χ2v) is 2.61. The van der Waals surface area contributed by atoms with Crippen molar-refractivity contribution in [3.8, 4) is 0 Å². The summed E-state index contributed by atoms with van der Waals surface area (Å²) in [6, 6.07) is 0. The van der Waals surface area contributed by atoms with Gasteiger partial charge in [0, 0.05) is 0 Å². The SMILES string of the molecule is C/C=C/C=C/C(=O)[O-].O=P([O-])([O-])O.[K+].[Na+].[Na+]. The Kier molecular flexibility index (Phi) is 39.1. The zero-order valence-electron chi connectivity index (χ0n) is 9.75. The van der Waals surface area contributed by atoms with Gasteiger partial charge in [0.1, 0.15) is 0 Å². The number of carboxylic acids is 1.